The Hall–Kier alpha value is -3.19. The van der Waals surface area contributed by atoms with Gasteiger partial charge in [0.25, 0.3) is 5.91 Å². The lowest BCUT2D eigenvalue weighted by Crippen LogP contribution is -2.36. The van der Waals surface area contributed by atoms with E-state index in [-0.39, 0.29) is 5.91 Å². The number of carbonyl (C=O) groups is 1. The molecule has 216 valence electrons. The first-order valence-electron chi connectivity index (χ1n) is 14.7. The maximum Gasteiger partial charge on any atom is 0.253 e. The molecule has 1 aliphatic heterocycles. The van der Waals surface area contributed by atoms with Crippen LogP contribution in [0, 0.1) is 11.8 Å². The summed E-state index contributed by atoms with van der Waals surface area (Å²) in [6.45, 7) is 12.3. The fourth-order valence-electron chi connectivity index (χ4n) is 5.13. The van der Waals surface area contributed by atoms with Crippen molar-refractivity contribution < 1.29 is 13.9 Å². The van der Waals surface area contributed by atoms with Crippen molar-refractivity contribution in [2.24, 2.45) is 11.8 Å². The van der Waals surface area contributed by atoms with Gasteiger partial charge in [-0.25, -0.2) is 8.91 Å². The predicted octanol–water partition coefficient (Wildman–Crippen LogP) is 6.99. The summed E-state index contributed by atoms with van der Waals surface area (Å²) in [6.07, 6.45) is 8.79. The number of ether oxygens (including phenoxy) is 1. The number of hydrogen-bond acceptors (Lipinski definition) is 4. The minimum Gasteiger partial charge on any atom is -0.497 e. The van der Waals surface area contributed by atoms with Crippen molar-refractivity contribution in [1.82, 2.24) is 19.4 Å². The van der Waals surface area contributed by atoms with Crippen LogP contribution in [-0.4, -0.2) is 71.3 Å². The van der Waals surface area contributed by atoms with Gasteiger partial charge in [0.1, 0.15) is 17.6 Å². The first-order valence-corrected chi connectivity index (χ1v) is 14.7. The molecule has 0 aliphatic carbocycles. The second kappa shape index (κ2) is 13.9. The molecule has 0 saturated carbocycles. The first-order chi connectivity index (χ1) is 19.2. The predicted molar refractivity (Wildman–Crippen MR) is 162 cm³/mol. The van der Waals surface area contributed by atoms with E-state index in [1.54, 1.807) is 7.11 Å². The Kier molecular flexibility index (Phi) is 10.4. The molecule has 1 saturated heterocycles. The standard InChI is InChI=1S/C33H45FN4O2/c1-24(2)14-19-37(20-15-25(3)4)33(39)27-16-21-38-31(22-27)30(9-7-18-36-17-6-8-28(34)23-36)32(35-38)26-10-12-29(40-5)13-11-26/h7,9-13,16,21-22,24-25,28H,6,8,14-15,17-20,23H2,1-5H3. The molecule has 3 heterocycles. The van der Waals surface area contributed by atoms with Gasteiger partial charge in [-0.15, -0.1) is 0 Å². The zero-order chi connectivity index (χ0) is 28.6. The van der Waals surface area contributed by atoms with E-state index in [0.717, 1.165) is 67.0 Å². The van der Waals surface area contributed by atoms with Crippen LogP contribution in [0.4, 0.5) is 4.39 Å². The highest BCUT2D eigenvalue weighted by Gasteiger charge is 2.21. The first kappa shape index (κ1) is 29.8. The summed E-state index contributed by atoms with van der Waals surface area (Å²) in [5.74, 6) is 1.91. The fraction of sp³-hybridized carbons (Fsp3) is 0.515. The third kappa shape index (κ3) is 7.72. The van der Waals surface area contributed by atoms with Gasteiger partial charge in [-0.05, 0) is 80.5 Å². The highest BCUT2D eigenvalue weighted by atomic mass is 19.1. The zero-order valence-electron chi connectivity index (χ0n) is 24.8. The van der Waals surface area contributed by atoms with Crippen molar-refractivity contribution in [3.63, 3.8) is 0 Å². The highest BCUT2D eigenvalue weighted by molar-refractivity contribution is 5.96. The summed E-state index contributed by atoms with van der Waals surface area (Å²) in [4.78, 5) is 17.9. The SMILES string of the molecule is COc1ccc(-c2nn3ccc(C(=O)N(CCC(C)C)CCC(C)C)cc3c2C=CCN2CCCC(F)C2)cc1. The molecular formula is C33H45FN4O2. The fourth-order valence-corrected chi connectivity index (χ4v) is 5.13. The number of methoxy groups -OCH3 is 1. The number of amides is 1. The molecule has 0 radical (unpaired) electrons. The lowest BCUT2D eigenvalue weighted by atomic mass is 10.0. The summed E-state index contributed by atoms with van der Waals surface area (Å²) in [7, 11) is 1.65. The van der Waals surface area contributed by atoms with Crippen molar-refractivity contribution in [3.05, 3.63) is 59.8 Å². The number of benzene rings is 1. The molecule has 40 heavy (non-hydrogen) atoms. The van der Waals surface area contributed by atoms with Gasteiger partial charge in [-0.2, -0.15) is 5.10 Å². The van der Waals surface area contributed by atoms with Crippen LogP contribution in [0.2, 0.25) is 0 Å². The Morgan fingerprint density at radius 1 is 1.12 bits per heavy atom. The average Bonchev–Trinajstić information content (AvgIpc) is 3.30. The Balaban J connectivity index is 1.69. The number of nitrogens with zero attached hydrogens (tertiary/aromatic N) is 4. The van der Waals surface area contributed by atoms with Gasteiger partial charge in [-0.3, -0.25) is 9.69 Å². The second-order valence-electron chi connectivity index (χ2n) is 11.8. The van der Waals surface area contributed by atoms with E-state index < -0.39 is 6.17 Å². The molecule has 7 heteroatoms. The van der Waals surface area contributed by atoms with E-state index in [0.29, 0.717) is 36.9 Å². The number of piperidine rings is 1. The molecule has 6 nitrogen and oxygen atoms in total. The van der Waals surface area contributed by atoms with Crippen LogP contribution in [0.3, 0.4) is 0 Å². The van der Waals surface area contributed by atoms with Crippen molar-refractivity contribution in [2.45, 2.75) is 59.5 Å². The number of pyridine rings is 1. The molecule has 1 unspecified atom stereocenters. The van der Waals surface area contributed by atoms with E-state index in [4.69, 9.17) is 9.84 Å². The molecule has 1 aromatic carbocycles. The third-order valence-electron chi connectivity index (χ3n) is 7.62. The van der Waals surface area contributed by atoms with Crippen molar-refractivity contribution in [1.29, 1.82) is 0 Å². The number of alkyl halides is 1. The topological polar surface area (TPSA) is 50.1 Å². The smallest absolute Gasteiger partial charge is 0.253 e. The number of halogens is 1. The monoisotopic (exact) mass is 548 g/mol. The van der Waals surface area contributed by atoms with Gasteiger partial charge < -0.3 is 9.64 Å². The Labute approximate surface area is 238 Å². The number of aromatic nitrogens is 2. The van der Waals surface area contributed by atoms with Gasteiger partial charge in [0.05, 0.1) is 12.6 Å². The summed E-state index contributed by atoms with van der Waals surface area (Å²) >= 11 is 0. The molecule has 0 bridgehead atoms. The molecular weight excluding hydrogens is 503 g/mol. The maximum absolute atomic E-state index is 13.9. The van der Waals surface area contributed by atoms with Crippen molar-refractivity contribution in [3.8, 4) is 17.0 Å². The zero-order valence-corrected chi connectivity index (χ0v) is 24.8. The molecule has 2 aromatic heterocycles. The van der Waals surface area contributed by atoms with Gasteiger partial charge in [0.15, 0.2) is 0 Å². The number of hydrogen-bond donors (Lipinski definition) is 0. The summed E-state index contributed by atoms with van der Waals surface area (Å²) in [5.41, 5.74) is 4.30. The van der Waals surface area contributed by atoms with Crippen LogP contribution in [0.5, 0.6) is 5.75 Å². The summed E-state index contributed by atoms with van der Waals surface area (Å²) in [5, 5.41) is 4.91. The van der Waals surface area contributed by atoms with E-state index in [9.17, 15) is 9.18 Å². The van der Waals surface area contributed by atoms with Gasteiger partial charge in [-0.1, -0.05) is 39.8 Å². The van der Waals surface area contributed by atoms with Crippen LogP contribution in [0.1, 0.15) is 69.3 Å². The number of rotatable bonds is 12. The van der Waals surface area contributed by atoms with Crippen LogP contribution in [0.15, 0.2) is 48.7 Å². The van der Waals surface area contributed by atoms with Gasteiger partial charge in [0.2, 0.25) is 0 Å². The summed E-state index contributed by atoms with van der Waals surface area (Å²) < 4.78 is 21.1. The van der Waals surface area contributed by atoms with E-state index in [2.05, 4.69) is 44.7 Å². The Morgan fingerprint density at radius 2 is 1.82 bits per heavy atom. The van der Waals surface area contributed by atoms with Crippen molar-refractivity contribution in [2.75, 3.05) is 39.8 Å². The molecule has 4 rings (SSSR count). The normalized spacial score (nSPS) is 16.4. The van der Waals surface area contributed by atoms with Gasteiger partial charge >= 0.3 is 0 Å². The van der Waals surface area contributed by atoms with E-state index >= 15 is 0 Å². The molecule has 0 N–H and O–H groups in total. The summed E-state index contributed by atoms with van der Waals surface area (Å²) in [6, 6.07) is 11.7. The molecule has 1 fully saturated rings. The van der Waals surface area contributed by atoms with E-state index in [1.165, 1.54) is 0 Å². The van der Waals surface area contributed by atoms with Crippen LogP contribution >= 0.6 is 0 Å². The third-order valence-corrected chi connectivity index (χ3v) is 7.62. The molecule has 3 aromatic rings. The molecule has 0 spiro atoms. The second-order valence-corrected chi connectivity index (χ2v) is 11.8. The van der Waals surface area contributed by atoms with Crippen LogP contribution in [-0.2, 0) is 0 Å². The van der Waals surface area contributed by atoms with Crippen LogP contribution < -0.4 is 4.74 Å². The minimum atomic E-state index is -0.753. The number of fused-ring (bicyclic) bond motifs is 1. The van der Waals surface area contributed by atoms with E-state index in [1.807, 2.05) is 52.0 Å². The highest BCUT2D eigenvalue weighted by Crippen LogP contribution is 2.30. The van der Waals surface area contributed by atoms with Crippen LogP contribution in [0.25, 0.3) is 22.9 Å². The lowest BCUT2D eigenvalue weighted by Gasteiger charge is -2.27. The Bertz CT molecular complexity index is 1270. The molecule has 1 atom stereocenters. The minimum absolute atomic E-state index is 0.0632. The molecule has 1 amide bonds. The lowest BCUT2D eigenvalue weighted by molar-refractivity contribution is 0.0741. The average molecular weight is 549 g/mol. The quantitative estimate of drug-likeness (QED) is 0.245. The number of carbonyl (C=O) groups excluding carboxylic acids is 1. The molecule has 1 aliphatic rings. The largest absolute Gasteiger partial charge is 0.497 e. The van der Waals surface area contributed by atoms with Gasteiger partial charge in [0, 0.05) is 49.1 Å². The maximum atomic E-state index is 13.9. The number of likely N-dealkylation sites (tertiary alicyclic amines) is 1. The Morgan fingerprint density at radius 3 is 2.45 bits per heavy atom. The van der Waals surface area contributed by atoms with Crippen molar-refractivity contribution >= 4 is 17.5 Å².